The summed E-state index contributed by atoms with van der Waals surface area (Å²) in [7, 11) is 1.65. The molecular formula is C17H19BrO2. The van der Waals surface area contributed by atoms with Crippen molar-refractivity contribution >= 4 is 15.9 Å². The second-order valence-corrected chi connectivity index (χ2v) is 5.95. The van der Waals surface area contributed by atoms with E-state index in [1.807, 2.05) is 37.3 Å². The molecule has 2 aromatic carbocycles. The van der Waals surface area contributed by atoms with E-state index < -0.39 is 6.10 Å². The lowest BCUT2D eigenvalue weighted by atomic mass is 9.96. The van der Waals surface area contributed by atoms with Gasteiger partial charge in [-0.05, 0) is 48.7 Å². The van der Waals surface area contributed by atoms with Crippen molar-refractivity contribution in [2.75, 3.05) is 7.11 Å². The highest BCUT2D eigenvalue weighted by molar-refractivity contribution is 9.10. The van der Waals surface area contributed by atoms with Gasteiger partial charge in [0.1, 0.15) is 5.75 Å². The van der Waals surface area contributed by atoms with Crippen molar-refractivity contribution in [1.82, 2.24) is 0 Å². The van der Waals surface area contributed by atoms with Gasteiger partial charge in [-0.2, -0.15) is 0 Å². The lowest BCUT2D eigenvalue weighted by Crippen LogP contribution is -2.05. The van der Waals surface area contributed by atoms with Gasteiger partial charge in [0.2, 0.25) is 0 Å². The smallest absolute Gasteiger partial charge is 0.122 e. The van der Waals surface area contributed by atoms with E-state index in [0.29, 0.717) is 6.42 Å². The molecule has 0 aliphatic carbocycles. The summed E-state index contributed by atoms with van der Waals surface area (Å²) in [5, 5.41) is 10.5. The molecule has 0 aromatic heterocycles. The molecule has 20 heavy (non-hydrogen) atoms. The number of ether oxygens (including phenoxy) is 1. The Labute approximate surface area is 128 Å². The highest BCUT2D eigenvalue weighted by Gasteiger charge is 2.14. The summed E-state index contributed by atoms with van der Waals surface area (Å²) in [5.74, 6) is 0.803. The van der Waals surface area contributed by atoms with Crippen molar-refractivity contribution < 1.29 is 9.84 Å². The summed E-state index contributed by atoms with van der Waals surface area (Å²) in [5.41, 5.74) is 4.29. The Kier molecular flexibility index (Phi) is 4.84. The Morgan fingerprint density at radius 3 is 2.55 bits per heavy atom. The summed E-state index contributed by atoms with van der Waals surface area (Å²) >= 11 is 3.46. The van der Waals surface area contributed by atoms with Crippen LogP contribution in [0.2, 0.25) is 0 Å². The first-order chi connectivity index (χ1) is 9.51. The van der Waals surface area contributed by atoms with Gasteiger partial charge in [-0.25, -0.2) is 0 Å². The molecule has 0 spiro atoms. The molecule has 0 heterocycles. The molecule has 106 valence electrons. The van der Waals surface area contributed by atoms with Gasteiger partial charge < -0.3 is 9.84 Å². The standard InChI is InChI=1S/C17H19BrO2/c1-11-4-6-15(12(2)8-11)16(19)10-13-9-14(18)5-7-17(13)20-3/h4-9,16,19H,10H2,1-3H3. The number of hydrogen-bond donors (Lipinski definition) is 1. The van der Waals surface area contributed by atoms with Crippen molar-refractivity contribution in [2.45, 2.75) is 26.4 Å². The minimum atomic E-state index is -0.529. The maximum absolute atomic E-state index is 10.5. The van der Waals surface area contributed by atoms with E-state index in [-0.39, 0.29) is 0 Å². The van der Waals surface area contributed by atoms with Gasteiger partial charge in [0, 0.05) is 10.9 Å². The van der Waals surface area contributed by atoms with Crippen LogP contribution in [-0.4, -0.2) is 12.2 Å². The molecule has 0 amide bonds. The Hall–Kier alpha value is -1.32. The van der Waals surface area contributed by atoms with Crippen LogP contribution in [0.1, 0.15) is 28.4 Å². The zero-order chi connectivity index (χ0) is 14.7. The number of aliphatic hydroxyl groups excluding tert-OH is 1. The molecule has 1 atom stereocenters. The predicted octanol–water partition coefficient (Wildman–Crippen LogP) is 4.35. The van der Waals surface area contributed by atoms with Gasteiger partial charge in [0.25, 0.3) is 0 Å². The van der Waals surface area contributed by atoms with Crippen molar-refractivity contribution in [1.29, 1.82) is 0 Å². The summed E-state index contributed by atoms with van der Waals surface area (Å²) in [4.78, 5) is 0. The minimum absolute atomic E-state index is 0.529. The quantitative estimate of drug-likeness (QED) is 0.900. The van der Waals surface area contributed by atoms with E-state index in [2.05, 4.69) is 28.9 Å². The fourth-order valence-electron chi connectivity index (χ4n) is 2.42. The first kappa shape index (κ1) is 15.1. The topological polar surface area (TPSA) is 29.5 Å². The van der Waals surface area contributed by atoms with Crippen molar-refractivity contribution in [3.63, 3.8) is 0 Å². The van der Waals surface area contributed by atoms with Crippen LogP contribution in [0.15, 0.2) is 40.9 Å². The molecule has 0 aliphatic heterocycles. The third-order valence-electron chi connectivity index (χ3n) is 3.44. The van der Waals surface area contributed by atoms with Crippen molar-refractivity contribution in [2.24, 2.45) is 0 Å². The predicted molar refractivity (Wildman–Crippen MR) is 85.3 cm³/mol. The third kappa shape index (κ3) is 3.41. The van der Waals surface area contributed by atoms with Crippen LogP contribution in [-0.2, 0) is 6.42 Å². The molecule has 2 aromatic rings. The van der Waals surface area contributed by atoms with Crippen LogP contribution in [0.5, 0.6) is 5.75 Å². The second kappa shape index (κ2) is 6.42. The summed E-state index contributed by atoms with van der Waals surface area (Å²) in [6.45, 7) is 4.09. The van der Waals surface area contributed by atoms with E-state index in [9.17, 15) is 5.11 Å². The Morgan fingerprint density at radius 2 is 1.90 bits per heavy atom. The highest BCUT2D eigenvalue weighted by atomic mass is 79.9. The fraction of sp³-hybridized carbons (Fsp3) is 0.294. The number of methoxy groups -OCH3 is 1. The number of benzene rings is 2. The molecule has 0 saturated heterocycles. The fourth-order valence-corrected chi connectivity index (χ4v) is 2.83. The molecule has 0 bridgehead atoms. The lowest BCUT2D eigenvalue weighted by Gasteiger charge is -2.16. The molecule has 1 N–H and O–H groups in total. The molecule has 0 saturated carbocycles. The van der Waals surface area contributed by atoms with Crippen LogP contribution in [0.4, 0.5) is 0 Å². The first-order valence-corrected chi connectivity index (χ1v) is 7.38. The molecule has 2 rings (SSSR count). The Morgan fingerprint density at radius 1 is 1.15 bits per heavy atom. The largest absolute Gasteiger partial charge is 0.496 e. The van der Waals surface area contributed by atoms with Crippen LogP contribution in [0.3, 0.4) is 0 Å². The highest BCUT2D eigenvalue weighted by Crippen LogP contribution is 2.29. The molecule has 0 radical (unpaired) electrons. The average molecular weight is 335 g/mol. The third-order valence-corrected chi connectivity index (χ3v) is 3.93. The van der Waals surface area contributed by atoms with Crippen LogP contribution in [0.25, 0.3) is 0 Å². The van der Waals surface area contributed by atoms with Gasteiger partial charge in [-0.1, -0.05) is 39.7 Å². The maximum atomic E-state index is 10.5. The van der Waals surface area contributed by atoms with Gasteiger partial charge in [0.05, 0.1) is 13.2 Å². The molecular weight excluding hydrogens is 316 g/mol. The minimum Gasteiger partial charge on any atom is -0.496 e. The van der Waals surface area contributed by atoms with Crippen LogP contribution >= 0.6 is 15.9 Å². The van der Waals surface area contributed by atoms with E-state index in [4.69, 9.17) is 4.74 Å². The lowest BCUT2D eigenvalue weighted by molar-refractivity contribution is 0.176. The van der Waals surface area contributed by atoms with E-state index >= 15 is 0 Å². The summed E-state index contributed by atoms with van der Waals surface area (Å²) in [6, 6.07) is 12.0. The zero-order valence-electron chi connectivity index (χ0n) is 12.0. The van der Waals surface area contributed by atoms with Crippen molar-refractivity contribution in [3.8, 4) is 5.75 Å². The first-order valence-electron chi connectivity index (χ1n) is 6.59. The van der Waals surface area contributed by atoms with Gasteiger partial charge in [-0.15, -0.1) is 0 Å². The number of aryl methyl sites for hydroxylation is 2. The van der Waals surface area contributed by atoms with Crippen LogP contribution in [0, 0.1) is 13.8 Å². The second-order valence-electron chi connectivity index (χ2n) is 5.04. The van der Waals surface area contributed by atoms with Gasteiger partial charge >= 0.3 is 0 Å². The number of aliphatic hydroxyl groups is 1. The average Bonchev–Trinajstić information content (AvgIpc) is 2.38. The molecule has 0 aliphatic rings. The van der Waals surface area contributed by atoms with E-state index in [1.165, 1.54) is 5.56 Å². The monoisotopic (exact) mass is 334 g/mol. The van der Waals surface area contributed by atoms with Crippen molar-refractivity contribution in [3.05, 3.63) is 63.1 Å². The Bertz CT molecular complexity index is 608. The number of hydrogen-bond acceptors (Lipinski definition) is 2. The molecule has 1 unspecified atom stereocenters. The normalized spacial score (nSPS) is 12.2. The summed E-state index contributed by atoms with van der Waals surface area (Å²) < 4.78 is 6.34. The summed E-state index contributed by atoms with van der Waals surface area (Å²) in [6.07, 6.45) is 0.00535. The molecule has 0 fully saturated rings. The number of rotatable bonds is 4. The SMILES string of the molecule is COc1ccc(Br)cc1CC(O)c1ccc(C)cc1C. The zero-order valence-corrected chi connectivity index (χ0v) is 13.6. The van der Waals surface area contributed by atoms with Crippen LogP contribution < -0.4 is 4.74 Å². The molecule has 3 heteroatoms. The number of halogens is 1. The molecule has 2 nitrogen and oxygen atoms in total. The van der Waals surface area contributed by atoms with Gasteiger partial charge in [0.15, 0.2) is 0 Å². The maximum Gasteiger partial charge on any atom is 0.122 e. The van der Waals surface area contributed by atoms with Gasteiger partial charge in [-0.3, -0.25) is 0 Å². The van der Waals surface area contributed by atoms with E-state index in [1.54, 1.807) is 7.11 Å². The Balaban J connectivity index is 2.27. The van der Waals surface area contributed by atoms with E-state index in [0.717, 1.165) is 26.9 Å².